The van der Waals surface area contributed by atoms with Crippen molar-refractivity contribution >= 4 is 29.3 Å². The molecule has 1 aromatic heterocycles. The van der Waals surface area contributed by atoms with Gasteiger partial charge in [-0.1, -0.05) is 49.0 Å². The number of aromatic nitrogens is 3. The topological polar surface area (TPSA) is 81.1 Å². The van der Waals surface area contributed by atoms with Crippen molar-refractivity contribution in [1.29, 1.82) is 0 Å². The van der Waals surface area contributed by atoms with Gasteiger partial charge in [0.2, 0.25) is 11.1 Å². The van der Waals surface area contributed by atoms with Crippen LogP contribution in [-0.4, -0.2) is 33.5 Å². The van der Waals surface area contributed by atoms with E-state index in [1.54, 1.807) is 23.6 Å². The number of allylic oxidation sites excluding steroid dienone is 1. The van der Waals surface area contributed by atoms with Crippen LogP contribution in [0.3, 0.4) is 0 Å². The van der Waals surface area contributed by atoms with E-state index >= 15 is 0 Å². The Labute approximate surface area is 179 Å². The number of thioether (sulfide) groups is 1. The fourth-order valence-electron chi connectivity index (χ4n) is 3.43. The molecule has 0 saturated carbocycles. The predicted molar refractivity (Wildman–Crippen MR) is 119 cm³/mol. The van der Waals surface area contributed by atoms with Gasteiger partial charge >= 0.3 is 0 Å². The Balaban J connectivity index is 1.77. The molecule has 1 aliphatic heterocycles. The summed E-state index contributed by atoms with van der Waals surface area (Å²) in [6.45, 7) is 3.95. The second kappa shape index (κ2) is 8.62. The van der Waals surface area contributed by atoms with Gasteiger partial charge in [-0.25, -0.2) is 4.68 Å². The molecule has 8 heteroatoms. The number of amides is 1. The van der Waals surface area contributed by atoms with Gasteiger partial charge in [-0.15, -0.1) is 5.10 Å². The van der Waals surface area contributed by atoms with E-state index in [0.29, 0.717) is 16.7 Å². The summed E-state index contributed by atoms with van der Waals surface area (Å²) in [7, 11) is 1.63. The number of carbonyl (C=O) groups excluding carboxylic acids is 1. The van der Waals surface area contributed by atoms with E-state index in [4.69, 9.17) is 4.74 Å². The van der Waals surface area contributed by atoms with E-state index < -0.39 is 6.04 Å². The molecule has 0 spiro atoms. The summed E-state index contributed by atoms with van der Waals surface area (Å²) in [5, 5.41) is 11.6. The van der Waals surface area contributed by atoms with Crippen molar-refractivity contribution in [2.45, 2.75) is 25.0 Å². The number of rotatable bonds is 6. The van der Waals surface area contributed by atoms with Crippen LogP contribution in [0.25, 0.3) is 0 Å². The zero-order valence-electron chi connectivity index (χ0n) is 17.0. The number of methoxy groups -OCH3 is 1. The minimum Gasteiger partial charge on any atom is -0.497 e. The van der Waals surface area contributed by atoms with Crippen LogP contribution in [0.2, 0.25) is 0 Å². The van der Waals surface area contributed by atoms with Crippen molar-refractivity contribution in [3.8, 4) is 5.75 Å². The Morgan fingerprint density at radius 2 is 1.93 bits per heavy atom. The van der Waals surface area contributed by atoms with Gasteiger partial charge in [0.25, 0.3) is 5.91 Å². The molecule has 7 nitrogen and oxygen atoms in total. The van der Waals surface area contributed by atoms with Crippen molar-refractivity contribution in [3.63, 3.8) is 0 Å². The third-order valence-electron chi connectivity index (χ3n) is 4.81. The Morgan fingerprint density at radius 3 is 2.60 bits per heavy atom. The van der Waals surface area contributed by atoms with Crippen LogP contribution in [0.4, 0.5) is 11.6 Å². The Hall–Kier alpha value is -3.26. The third-order valence-corrected chi connectivity index (χ3v) is 5.53. The van der Waals surface area contributed by atoms with E-state index in [2.05, 4.69) is 27.6 Å². The van der Waals surface area contributed by atoms with Gasteiger partial charge in [0.05, 0.1) is 12.7 Å². The molecule has 2 heterocycles. The Bertz CT molecular complexity index is 1080. The molecule has 3 aromatic rings. The first-order chi connectivity index (χ1) is 14.6. The molecule has 0 radical (unpaired) electrons. The van der Waals surface area contributed by atoms with Crippen LogP contribution < -0.4 is 15.4 Å². The van der Waals surface area contributed by atoms with Crippen LogP contribution in [0, 0.1) is 0 Å². The average molecular weight is 422 g/mol. The van der Waals surface area contributed by atoms with Crippen molar-refractivity contribution in [3.05, 3.63) is 71.4 Å². The molecule has 1 amide bonds. The van der Waals surface area contributed by atoms with E-state index in [-0.39, 0.29) is 5.91 Å². The molecule has 0 unspecified atom stereocenters. The van der Waals surface area contributed by atoms with Crippen LogP contribution in [-0.2, 0) is 4.79 Å². The first kappa shape index (κ1) is 20.0. The molecule has 2 N–H and O–H groups in total. The Kier molecular flexibility index (Phi) is 5.76. The third kappa shape index (κ3) is 3.91. The van der Waals surface area contributed by atoms with Gasteiger partial charge in [0, 0.05) is 11.4 Å². The lowest BCUT2D eigenvalue weighted by Crippen LogP contribution is -2.31. The lowest BCUT2D eigenvalue weighted by atomic mass is 9.95. The molecule has 154 valence electrons. The number of anilines is 2. The molecule has 0 saturated heterocycles. The van der Waals surface area contributed by atoms with Crippen LogP contribution in [0.1, 0.15) is 25.5 Å². The quantitative estimate of drug-likeness (QED) is 0.577. The summed E-state index contributed by atoms with van der Waals surface area (Å²) < 4.78 is 7.08. The average Bonchev–Trinajstić information content (AvgIpc) is 3.15. The molecule has 0 fully saturated rings. The molecule has 1 aliphatic rings. The maximum atomic E-state index is 13.3. The smallest absolute Gasteiger partial charge is 0.255 e. The summed E-state index contributed by atoms with van der Waals surface area (Å²) in [4.78, 5) is 17.9. The molecular weight excluding hydrogens is 398 g/mol. The second-order valence-corrected chi connectivity index (χ2v) is 7.99. The van der Waals surface area contributed by atoms with Crippen molar-refractivity contribution in [2.75, 3.05) is 23.5 Å². The normalized spacial score (nSPS) is 15.4. The molecule has 1 atom stereocenters. The van der Waals surface area contributed by atoms with E-state index in [1.165, 1.54) is 0 Å². The van der Waals surface area contributed by atoms with Gasteiger partial charge < -0.3 is 15.4 Å². The van der Waals surface area contributed by atoms with Gasteiger partial charge in [-0.3, -0.25) is 4.79 Å². The molecule has 0 bridgehead atoms. The highest BCUT2D eigenvalue weighted by atomic mass is 32.2. The number of ether oxygens (including phenoxy) is 1. The highest BCUT2D eigenvalue weighted by Crippen LogP contribution is 2.37. The highest BCUT2D eigenvalue weighted by molar-refractivity contribution is 7.99. The van der Waals surface area contributed by atoms with E-state index in [9.17, 15) is 4.79 Å². The van der Waals surface area contributed by atoms with Gasteiger partial charge in [0.1, 0.15) is 11.8 Å². The number of hydrogen-bond acceptors (Lipinski definition) is 6. The first-order valence-corrected chi connectivity index (χ1v) is 10.7. The maximum absolute atomic E-state index is 13.3. The van der Waals surface area contributed by atoms with Crippen LogP contribution in [0.15, 0.2) is 71.0 Å². The fraction of sp³-hybridized carbons (Fsp3) is 0.227. The molecule has 2 aromatic carbocycles. The van der Waals surface area contributed by atoms with Gasteiger partial charge in [-0.2, -0.15) is 4.98 Å². The minimum absolute atomic E-state index is 0.183. The summed E-state index contributed by atoms with van der Waals surface area (Å²) in [5.41, 5.74) is 3.00. The SMILES string of the molecule is CCSc1nc2n(n1)[C@@H](c1ccc(OC)cc1)C(C(=O)Nc1ccccc1)=C(C)N2. The number of para-hydroxylation sites is 1. The summed E-state index contributed by atoms with van der Waals surface area (Å²) >= 11 is 1.56. The lowest BCUT2D eigenvalue weighted by molar-refractivity contribution is -0.113. The van der Waals surface area contributed by atoms with Crippen molar-refractivity contribution < 1.29 is 9.53 Å². The number of hydrogen-bond donors (Lipinski definition) is 2. The minimum atomic E-state index is -0.408. The lowest BCUT2D eigenvalue weighted by Gasteiger charge is -2.28. The van der Waals surface area contributed by atoms with E-state index in [1.807, 2.05) is 61.5 Å². The maximum Gasteiger partial charge on any atom is 0.255 e. The molecule has 0 aliphatic carbocycles. The number of benzene rings is 2. The van der Waals surface area contributed by atoms with E-state index in [0.717, 1.165) is 28.5 Å². The Morgan fingerprint density at radius 1 is 1.20 bits per heavy atom. The van der Waals surface area contributed by atoms with Gasteiger partial charge in [0.15, 0.2) is 0 Å². The number of nitrogens with zero attached hydrogens (tertiary/aromatic N) is 3. The second-order valence-electron chi connectivity index (χ2n) is 6.76. The number of nitrogens with one attached hydrogen (secondary N) is 2. The highest BCUT2D eigenvalue weighted by Gasteiger charge is 2.34. The standard InChI is InChI=1S/C22H23N5O2S/c1-4-30-22-25-21-23-14(2)18(20(28)24-16-8-6-5-7-9-16)19(27(21)26-22)15-10-12-17(29-3)13-11-15/h5-13,19H,4H2,1-3H3,(H,24,28)(H,23,25,26)/t19-/m0/s1. The molecule has 30 heavy (non-hydrogen) atoms. The largest absolute Gasteiger partial charge is 0.497 e. The molecular formula is C22H23N5O2S. The molecule has 4 rings (SSSR count). The number of carbonyl (C=O) groups is 1. The predicted octanol–water partition coefficient (Wildman–Crippen LogP) is 4.33. The number of fused-ring (bicyclic) bond motifs is 1. The first-order valence-electron chi connectivity index (χ1n) is 9.68. The zero-order valence-corrected chi connectivity index (χ0v) is 17.9. The van der Waals surface area contributed by atoms with Gasteiger partial charge in [-0.05, 0) is 42.5 Å². The summed E-state index contributed by atoms with van der Waals surface area (Å²) in [5.74, 6) is 2.06. The summed E-state index contributed by atoms with van der Waals surface area (Å²) in [6.07, 6.45) is 0. The monoisotopic (exact) mass is 421 g/mol. The fourth-order valence-corrected chi connectivity index (χ4v) is 3.98. The van der Waals surface area contributed by atoms with Crippen LogP contribution >= 0.6 is 11.8 Å². The van der Waals surface area contributed by atoms with Crippen LogP contribution in [0.5, 0.6) is 5.75 Å². The summed E-state index contributed by atoms with van der Waals surface area (Å²) in [6, 6.07) is 16.7. The van der Waals surface area contributed by atoms with Crippen molar-refractivity contribution in [1.82, 2.24) is 14.8 Å². The zero-order chi connectivity index (χ0) is 21.1. The van der Waals surface area contributed by atoms with Crippen molar-refractivity contribution in [2.24, 2.45) is 0 Å².